The maximum Gasteiger partial charge on any atom is 0.295 e. The molecule has 1 aromatic heterocycles. The Morgan fingerprint density at radius 3 is 2.73 bits per heavy atom. The second kappa shape index (κ2) is 8.11. The van der Waals surface area contributed by atoms with Crippen LogP contribution in [0.5, 0.6) is 0 Å². The number of aromatic nitrogens is 1. The highest BCUT2D eigenvalue weighted by molar-refractivity contribution is 7.11. The Kier molecular flexibility index (Phi) is 5.20. The Morgan fingerprint density at radius 1 is 1.17 bits per heavy atom. The molecule has 0 bridgehead atoms. The van der Waals surface area contributed by atoms with Gasteiger partial charge in [-0.25, -0.2) is 9.37 Å². The van der Waals surface area contributed by atoms with E-state index in [1.165, 1.54) is 23.6 Å². The number of halogens is 1. The summed E-state index contributed by atoms with van der Waals surface area (Å²) in [4.78, 5) is 15.0. The van der Waals surface area contributed by atoms with E-state index in [1.54, 1.807) is 0 Å². The van der Waals surface area contributed by atoms with Crippen molar-refractivity contribution in [2.24, 2.45) is 0 Å². The Morgan fingerprint density at radius 2 is 1.97 bits per heavy atom. The minimum atomic E-state index is -0.711. The molecule has 30 heavy (non-hydrogen) atoms. The number of nitro groups is 1. The van der Waals surface area contributed by atoms with Gasteiger partial charge >= 0.3 is 0 Å². The highest BCUT2D eigenvalue weighted by atomic mass is 32.1. The van der Waals surface area contributed by atoms with Gasteiger partial charge in [0.2, 0.25) is 0 Å². The first-order valence-corrected chi connectivity index (χ1v) is 9.69. The molecule has 8 heteroatoms. The third kappa shape index (κ3) is 3.87. The van der Waals surface area contributed by atoms with Crippen molar-refractivity contribution in [3.8, 4) is 17.3 Å². The zero-order valence-corrected chi connectivity index (χ0v) is 16.2. The quantitative estimate of drug-likeness (QED) is 0.245. The van der Waals surface area contributed by atoms with Crippen molar-refractivity contribution in [1.82, 2.24) is 4.98 Å². The van der Waals surface area contributed by atoms with Crippen LogP contribution in [0.25, 0.3) is 27.6 Å². The summed E-state index contributed by atoms with van der Waals surface area (Å²) in [6.45, 7) is 0. The molecule has 0 saturated carbocycles. The molecule has 0 spiro atoms. The first-order chi connectivity index (χ1) is 14.5. The molecule has 0 aliphatic carbocycles. The van der Waals surface area contributed by atoms with E-state index < -0.39 is 16.4 Å². The van der Waals surface area contributed by atoms with Crippen LogP contribution in [-0.2, 0) is 0 Å². The van der Waals surface area contributed by atoms with Crippen molar-refractivity contribution in [3.63, 3.8) is 0 Å². The molecule has 0 saturated heterocycles. The number of nitro benzene ring substituents is 1. The number of nitriles is 1. The van der Waals surface area contributed by atoms with E-state index in [9.17, 15) is 19.8 Å². The van der Waals surface area contributed by atoms with E-state index in [0.29, 0.717) is 5.01 Å². The summed E-state index contributed by atoms with van der Waals surface area (Å²) in [5, 5.41) is 27.9. The normalized spacial score (nSPS) is 11.3. The molecule has 0 fully saturated rings. The average Bonchev–Trinajstić information content (AvgIpc) is 3.24. The molecule has 4 rings (SSSR count). The maximum atomic E-state index is 13.3. The van der Waals surface area contributed by atoms with Crippen LogP contribution in [0.1, 0.15) is 5.01 Å². The standard InChI is InChI=1S/C22H13FN4O2S/c23-18-7-8-19(21(10-18)27(28)29)25-12-17(11-24)22-26-20(13-30-22)16-6-5-14-3-1-2-4-15(14)9-16/h1-10,12-13,25H/b17-12-. The summed E-state index contributed by atoms with van der Waals surface area (Å²) in [5.41, 5.74) is 1.54. The molecule has 0 amide bonds. The van der Waals surface area contributed by atoms with Gasteiger partial charge < -0.3 is 5.32 Å². The van der Waals surface area contributed by atoms with E-state index in [0.717, 1.165) is 34.2 Å². The number of fused-ring (bicyclic) bond motifs is 1. The van der Waals surface area contributed by atoms with Gasteiger partial charge in [0.1, 0.15) is 28.2 Å². The van der Waals surface area contributed by atoms with E-state index in [1.807, 2.05) is 53.9 Å². The fraction of sp³-hybridized carbons (Fsp3) is 0. The third-order valence-electron chi connectivity index (χ3n) is 4.43. The Hall–Kier alpha value is -4.09. The Balaban J connectivity index is 1.63. The third-order valence-corrected chi connectivity index (χ3v) is 5.30. The van der Waals surface area contributed by atoms with Crippen molar-refractivity contribution < 1.29 is 9.31 Å². The van der Waals surface area contributed by atoms with Crippen molar-refractivity contribution >= 4 is 39.1 Å². The molecule has 0 aliphatic heterocycles. The van der Waals surface area contributed by atoms with Crippen LogP contribution in [0.15, 0.2) is 72.2 Å². The van der Waals surface area contributed by atoms with Gasteiger partial charge in [-0.1, -0.05) is 36.4 Å². The summed E-state index contributed by atoms with van der Waals surface area (Å²) in [6.07, 6.45) is 1.34. The molecular formula is C22H13FN4O2S. The van der Waals surface area contributed by atoms with E-state index in [4.69, 9.17) is 0 Å². The lowest BCUT2D eigenvalue weighted by Gasteiger charge is -2.03. The van der Waals surface area contributed by atoms with Gasteiger partial charge in [-0.05, 0) is 29.0 Å². The fourth-order valence-electron chi connectivity index (χ4n) is 2.95. The molecule has 6 nitrogen and oxygen atoms in total. The van der Waals surface area contributed by atoms with Gasteiger partial charge in [-0.15, -0.1) is 11.3 Å². The molecule has 0 atom stereocenters. The number of hydrogen-bond donors (Lipinski definition) is 1. The van der Waals surface area contributed by atoms with E-state index >= 15 is 0 Å². The second-order valence-electron chi connectivity index (χ2n) is 6.33. The highest BCUT2D eigenvalue weighted by Crippen LogP contribution is 2.29. The molecule has 3 aromatic carbocycles. The average molecular weight is 416 g/mol. The molecule has 4 aromatic rings. The van der Waals surface area contributed by atoms with Crippen molar-refractivity contribution in [3.05, 3.63) is 93.2 Å². The molecule has 1 heterocycles. The Labute approximate surface area is 174 Å². The number of allylic oxidation sites excluding steroid dienone is 1. The summed E-state index contributed by atoms with van der Waals surface area (Å²) in [5.74, 6) is -0.711. The smallest absolute Gasteiger partial charge is 0.295 e. The van der Waals surface area contributed by atoms with Gasteiger partial charge in [0.25, 0.3) is 5.69 Å². The van der Waals surface area contributed by atoms with Crippen LogP contribution in [-0.4, -0.2) is 9.91 Å². The zero-order valence-electron chi connectivity index (χ0n) is 15.4. The largest absolute Gasteiger partial charge is 0.355 e. The van der Waals surface area contributed by atoms with Crippen LogP contribution < -0.4 is 5.32 Å². The molecule has 1 N–H and O–H groups in total. The number of nitrogens with zero attached hydrogens (tertiary/aromatic N) is 3. The number of rotatable bonds is 5. The zero-order chi connectivity index (χ0) is 21.1. The van der Waals surface area contributed by atoms with Gasteiger partial charge in [-0.3, -0.25) is 10.1 Å². The van der Waals surface area contributed by atoms with Gasteiger partial charge in [0.15, 0.2) is 0 Å². The molecule has 0 unspecified atom stereocenters. The predicted molar refractivity (Wildman–Crippen MR) is 115 cm³/mol. The van der Waals surface area contributed by atoms with E-state index in [2.05, 4.69) is 10.3 Å². The minimum absolute atomic E-state index is 0.0838. The SMILES string of the molecule is N#C/C(=C/Nc1ccc(F)cc1[N+](=O)[O-])c1nc(-c2ccc3ccccc3c2)cs1. The number of thiazole rings is 1. The van der Waals surface area contributed by atoms with Crippen LogP contribution in [0.3, 0.4) is 0 Å². The summed E-state index contributed by atoms with van der Waals surface area (Å²) >= 11 is 1.29. The topological polar surface area (TPSA) is 91.8 Å². The monoisotopic (exact) mass is 416 g/mol. The number of anilines is 1. The lowest BCUT2D eigenvalue weighted by atomic mass is 10.1. The second-order valence-corrected chi connectivity index (χ2v) is 7.19. The van der Waals surface area contributed by atoms with Crippen LogP contribution in [0.2, 0.25) is 0 Å². The summed E-state index contributed by atoms with van der Waals surface area (Å²) in [6, 6.07) is 19.2. The first kappa shape index (κ1) is 19.2. The molecule has 146 valence electrons. The van der Waals surface area contributed by atoms with Crippen LogP contribution in [0, 0.1) is 27.3 Å². The summed E-state index contributed by atoms with van der Waals surface area (Å²) < 4.78 is 13.3. The highest BCUT2D eigenvalue weighted by Gasteiger charge is 2.15. The first-order valence-electron chi connectivity index (χ1n) is 8.81. The lowest BCUT2D eigenvalue weighted by molar-refractivity contribution is -0.384. The molecule has 0 aliphatic rings. The molecular weight excluding hydrogens is 403 g/mol. The van der Waals surface area contributed by atoms with Gasteiger partial charge in [0.05, 0.1) is 16.7 Å². The molecule has 0 radical (unpaired) electrons. The van der Waals surface area contributed by atoms with Crippen molar-refractivity contribution in [2.75, 3.05) is 5.32 Å². The van der Waals surface area contributed by atoms with Gasteiger partial charge in [-0.2, -0.15) is 5.26 Å². The number of benzene rings is 3. The number of hydrogen-bond acceptors (Lipinski definition) is 6. The fourth-order valence-corrected chi connectivity index (χ4v) is 3.74. The van der Waals surface area contributed by atoms with E-state index in [-0.39, 0.29) is 11.3 Å². The predicted octanol–water partition coefficient (Wildman–Crippen LogP) is 5.99. The minimum Gasteiger partial charge on any atom is -0.355 e. The lowest BCUT2D eigenvalue weighted by Crippen LogP contribution is -1.97. The summed E-state index contributed by atoms with van der Waals surface area (Å²) in [7, 11) is 0. The van der Waals surface area contributed by atoms with Gasteiger partial charge in [0, 0.05) is 17.1 Å². The number of nitrogens with one attached hydrogen (secondary N) is 1. The van der Waals surface area contributed by atoms with Crippen molar-refractivity contribution in [1.29, 1.82) is 5.26 Å². The van der Waals surface area contributed by atoms with Crippen molar-refractivity contribution in [2.45, 2.75) is 0 Å². The maximum absolute atomic E-state index is 13.3. The van der Waals surface area contributed by atoms with Crippen LogP contribution in [0.4, 0.5) is 15.8 Å². The Bertz CT molecular complexity index is 1340. The van der Waals surface area contributed by atoms with Crippen LogP contribution >= 0.6 is 11.3 Å².